The maximum absolute atomic E-state index is 12.7. The number of aliphatic carboxylic acids is 1. The number of fused-ring (bicyclic) bond motifs is 3. The number of carboxylic acid groups (broad SMARTS) is 1. The van der Waals surface area contributed by atoms with Crippen molar-refractivity contribution in [1.82, 2.24) is 14.5 Å². The second kappa shape index (κ2) is 9.93. The highest BCUT2D eigenvalue weighted by molar-refractivity contribution is 5.95. The Balaban J connectivity index is 1.45. The fourth-order valence-electron chi connectivity index (χ4n) is 6.12. The molecule has 3 atom stereocenters. The SMILES string of the molecule is COC(=O)N1c2ccc3c(nc(Cc4cccc(OC5CC5)n4)n3[C@@H]3CCC[C@@H](C(=O)O)C3)c2CC[C@@H]1C. The summed E-state index contributed by atoms with van der Waals surface area (Å²) in [7, 11) is 1.41. The van der Waals surface area contributed by atoms with Gasteiger partial charge in [0.05, 0.1) is 35.4 Å². The number of nitrogens with zero attached hydrogens (tertiary/aromatic N) is 4. The molecular formula is C29H34N4O5. The van der Waals surface area contributed by atoms with Gasteiger partial charge in [-0.15, -0.1) is 0 Å². The number of aromatic nitrogens is 3. The third-order valence-corrected chi connectivity index (χ3v) is 8.19. The minimum absolute atomic E-state index is 0.0297. The first-order chi connectivity index (χ1) is 18.4. The molecule has 9 nitrogen and oxygen atoms in total. The smallest absolute Gasteiger partial charge is 0.414 e. The molecule has 2 aromatic heterocycles. The van der Waals surface area contributed by atoms with Gasteiger partial charge in [0.15, 0.2) is 0 Å². The summed E-state index contributed by atoms with van der Waals surface area (Å²) in [6, 6.07) is 9.93. The fourth-order valence-corrected chi connectivity index (χ4v) is 6.12. The topological polar surface area (TPSA) is 107 Å². The van der Waals surface area contributed by atoms with Crippen molar-refractivity contribution in [3.8, 4) is 5.88 Å². The number of benzene rings is 1. The molecule has 9 heteroatoms. The van der Waals surface area contributed by atoms with E-state index in [9.17, 15) is 14.7 Å². The largest absolute Gasteiger partial charge is 0.481 e. The number of rotatable bonds is 6. The number of carboxylic acids is 1. The van der Waals surface area contributed by atoms with Gasteiger partial charge in [0.25, 0.3) is 0 Å². The molecule has 2 fully saturated rings. The van der Waals surface area contributed by atoms with Crippen molar-refractivity contribution in [3.63, 3.8) is 0 Å². The van der Waals surface area contributed by atoms with Crippen LogP contribution in [0.1, 0.15) is 75.0 Å². The number of carbonyl (C=O) groups is 2. The number of hydrogen-bond acceptors (Lipinski definition) is 6. The van der Waals surface area contributed by atoms with Gasteiger partial charge in [-0.25, -0.2) is 14.8 Å². The van der Waals surface area contributed by atoms with Crippen molar-refractivity contribution in [2.24, 2.45) is 5.92 Å². The van der Waals surface area contributed by atoms with Crippen LogP contribution in [0, 0.1) is 5.92 Å². The van der Waals surface area contributed by atoms with Crippen molar-refractivity contribution < 1.29 is 24.2 Å². The molecule has 1 aliphatic heterocycles. The Labute approximate surface area is 221 Å². The van der Waals surface area contributed by atoms with Crippen molar-refractivity contribution >= 4 is 28.8 Å². The zero-order valence-electron chi connectivity index (χ0n) is 21.9. The molecule has 3 aliphatic rings. The van der Waals surface area contributed by atoms with Crippen LogP contribution in [0.2, 0.25) is 0 Å². The van der Waals surface area contributed by atoms with Gasteiger partial charge < -0.3 is 19.1 Å². The molecule has 2 saturated carbocycles. The summed E-state index contributed by atoms with van der Waals surface area (Å²) in [5, 5.41) is 9.77. The van der Waals surface area contributed by atoms with E-state index < -0.39 is 5.97 Å². The van der Waals surface area contributed by atoms with E-state index in [0.29, 0.717) is 25.1 Å². The van der Waals surface area contributed by atoms with Crippen LogP contribution in [0.4, 0.5) is 10.5 Å². The Kier molecular flexibility index (Phi) is 6.45. The quantitative estimate of drug-likeness (QED) is 0.473. The Morgan fingerprint density at radius 2 is 1.92 bits per heavy atom. The first-order valence-corrected chi connectivity index (χ1v) is 13.7. The lowest BCUT2D eigenvalue weighted by molar-refractivity contribution is -0.143. The molecule has 1 N–H and O–H groups in total. The number of ether oxygens (including phenoxy) is 2. The summed E-state index contributed by atoms with van der Waals surface area (Å²) in [6.07, 6.45) is 7.23. The van der Waals surface area contributed by atoms with E-state index in [0.717, 1.165) is 72.3 Å². The van der Waals surface area contributed by atoms with Crippen LogP contribution in [0.3, 0.4) is 0 Å². The second-order valence-corrected chi connectivity index (χ2v) is 10.9. The highest BCUT2D eigenvalue weighted by Crippen LogP contribution is 2.41. The fraction of sp³-hybridized carbons (Fsp3) is 0.517. The molecule has 3 aromatic rings. The Morgan fingerprint density at radius 3 is 2.68 bits per heavy atom. The average molecular weight is 519 g/mol. The number of aryl methyl sites for hydroxylation is 1. The molecule has 0 unspecified atom stereocenters. The molecular weight excluding hydrogens is 484 g/mol. The standard InChI is InChI=1S/C29H34N4O5/c1-17-9-12-22-23(32(17)29(36)37-2)13-14-24-27(22)31-25(33(24)20-7-3-5-18(15-20)28(34)35)16-19-6-4-8-26(30-19)38-21-10-11-21/h4,6,8,13-14,17-18,20-21H,3,5,7,9-12,15-16H2,1-2H3,(H,34,35)/t17-,18+,20+/m0/s1. The predicted octanol–water partition coefficient (Wildman–Crippen LogP) is 5.29. The van der Waals surface area contributed by atoms with Crippen LogP contribution in [-0.4, -0.2) is 51.0 Å². The maximum atomic E-state index is 12.7. The summed E-state index contributed by atoms with van der Waals surface area (Å²) in [4.78, 5) is 36.2. The molecule has 6 rings (SSSR count). The summed E-state index contributed by atoms with van der Waals surface area (Å²) in [5.41, 5.74) is 4.60. The van der Waals surface area contributed by atoms with Crippen LogP contribution in [0.25, 0.3) is 11.0 Å². The van der Waals surface area contributed by atoms with Crippen molar-refractivity contribution in [3.05, 3.63) is 47.4 Å². The van der Waals surface area contributed by atoms with Gasteiger partial charge in [0.2, 0.25) is 5.88 Å². The number of hydrogen-bond donors (Lipinski definition) is 1. The van der Waals surface area contributed by atoms with Crippen molar-refractivity contribution in [2.45, 2.75) is 82.9 Å². The molecule has 38 heavy (non-hydrogen) atoms. The molecule has 2 aliphatic carbocycles. The van der Waals surface area contributed by atoms with E-state index in [1.54, 1.807) is 4.90 Å². The number of anilines is 1. The van der Waals surface area contributed by atoms with Gasteiger partial charge in [0, 0.05) is 30.1 Å². The van der Waals surface area contributed by atoms with Gasteiger partial charge in [-0.1, -0.05) is 12.5 Å². The first-order valence-electron chi connectivity index (χ1n) is 13.7. The van der Waals surface area contributed by atoms with Crippen LogP contribution in [-0.2, 0) is 22.4 Å². The van der Waals surface area contributed by atoms with E-state index >= 15 is 0 Å². The third-order valence-electron chi connectivity index (χ3n) is 8.19. The van der Waals surface area contributed by atoms with Crippen molar-refractivity contribution in [2.75, 3.05) is 12.0 Å². The second-order valence-electron chi connectivity index (χ2n) is 10.9. The predicted molar refractivity (Wildman–Crippen MR) is 142 cm³/mol. The van der Waals surface area contributed by atoms with Gasteiger partial charge in [-0.3, -0.25) is 9.69 Å². The number of methoxy groups -OCH3 is 1. The monoisotopic (exact) mass is 518 g/mol. The molecule has 0 saturated heterocycles. The van der Waals surface area contributed by atoms with Gasteiger partial charge in [-0.05, 0) is 70.1 Å². The molecule has 1 amide bonds. The number of imidazole rings is 1. The summed E-state index contributed by atoms with van der Waals surface area (Å²) < 4.78 is 13.3. The summed E-state index contributed by atoms with van der Waals surface area (Å²) in [5.74, 6) is 0.410. The van der Waals surface area contributed by atoms with E-state index in [-0.39, 0.29) is 30.2 Å². The van der Waals surface area contributed by atoms with Gasteiger partial charge in [0.1, 0.15) is 11.9 Å². The molecule has 0 radical (unpaired) electrons. The van der Waals surface area contributed by atoms with Crippen LogP contribution < -0.4 is 9.64 Å². The summed E-state index contributed by atoms with van der Waals surface area (Å²) >= 11 is 0. The van der Waals surface area contributed by atoms with Crippen LogP contribution in [0.15, 0.2) is 30.3 Å². The minimum atomic E-state index is -0.729. The maximum Gasteiger partial charge on any atom is 0.414 e. The molecule has 3 heterocycles. The normalized spacial score (nSPS) is 23.2. The number of amides is 1. The van der Waals surface area contributed by atoms with Gasteiger partial charge in [-0.2, -0.15) is 0 Å². The van der Waals surface area contributed by atoms with Crippen LogP contribution >= 0.6 is 0 Å². The molecule has 0 spiro atoms. The number of carbonyl (C=O) groups excluding carboxylic acids is 1. The molecule has 0 bridgehead atoms. The lowest BCUT2D eigenvalue weighted by Gasteiger charge is -2.34. The van der Waals surface area contributed by atoms with E-state index in [4.69, 9.17) is 19.4 Å². The minimum Gasteiger partial charge on any atom is -0.481 e. The van der Waals surface area contributed by atoms with E-state index in [1.807, 2.05) is 37.3 Å². The first kappa shape index (κ1) is 24.7. The average Bonchev–Trinajstić information content (AvgIpc) is 3.65. The lowest BCUT2D eigenvalue weighted by Crippen LogP contribution is -2.42. The number of pyridine rings is 1. The highest BCUT2D eigenvalue weighted by atomic mass is 16.5. The van der Waals surface area contributed by atoms with E-state index in [2.05, 4.69) is 4.57 Å². The van der Waals surface area contributed by atoms with E-state index in [1.165, 1.54) is 7.11 Å². The molecule has 200 valence electrons. The Morgan fingerprint density at radius 1 is 1.08 bits per heavy atom. The summed E-state index contributed by atoms with van der Waals surface area (Å²) in [6.45, 7) is 2.03. The zero-order chi connectivity index (χ0) is 26.4. The Bertz CT molecular complexity index is 1380. The Hall–Kier alpha value is -3.62. The van der Waals surface area contributed by atoms with Crippen LogP contribution in [0.5, 0.6) is 5.88 Å². The van der Waals surface area contributed by atoms with Crippen molar-refractivity contribution in [1.29, 1.82) is 0 Å². The third kappa shape index (κ3) is 4.59. The molecule has 1 aromatic carbocycles. The van der Waals surface area contributed by atoms with Gasteiger partial charge >= 0.3 is 12.1 Å². The zero-order valence-corrected chi connectivity index (χ0v) is 21.9. The lowest BCUT2D eigenvalue weighted by atomic mass is 9.85. The highest BCUT2D eigenvalue weighted by Gasteiger charge is 2.34.